The summed E-state index contributed by atoms with van der Waals surface area (Å²) in [5.74, 6) is 1.49. The zero-order valence-electron chi connectivity index (χ0n) is 14.1. The molecule has 0 radical (unpaired) electrons. The molecule has 0 saturated heterocycles. The van der Waals surface area contributed by atoms with Gasteiger partial charge in [-0.3, -0.25) is 0 Å². The van der Waals surface area contributed by atoms with Gasteiger partial charge in [-0.1, -0.05) is 41.9 Å². The number of hydrogen-bond acceptors (Lipinski definition) is 2. The third-order valence-corrected chi connectivity index (χ3v) is 4.20. The van der Waals surface area contributed by atoms with Crippen molar-refractivity contribution in [2.45, 2.75) is 6.42 Å². The number of rotatable bonds is 6. The Hall–Kier alpha value is -2.56. The summed E-state index contributed by atoms with van der Waals surface area (Å²) in [6.45, 7) is 0.785. The van der Waals surface area contributed by atoms with Crippen molar-refractivity contribution in [2.75, 3.05) is 11.9 Å². The minimum absolute atomic E-state index is 0.604. The number of thiocarbonyl (C=S) groups is 1. The van der Waals surface area contributed by atoms with Crippen LogP contribution in [0.4, 0.5) is 5.69 Å². The predicted molar refractivity (Wildman–Crippen MR) is 112 cm³/mol. The number of hydrogen-bond donors (Lipinski definition) is 2. The molecule has 0 saturated carbocycles. The SMILES string of the molecule is S=C(NCCc1ccccc1)Nc1ccc(Oc2ccc(Cl)cc2)cc1. The molecule has 0 unspecified atom stereocenters. The van der Waals surface area contributed by atoms with Crippen LogP contribution in [0.3, 0.4) is 0 Å². The number of ether oxygens (including phenoxy) is 1. The van der Waals surface area contributed by atoms with Gasteiger partial charge in [-0.15, -0.1) is 0 Å². The van der Waals surface area contributed by atoms with Crippen LogP contribution >= 0.6 is 23.8 Å². The molecule has 26 heavy (non-hydrogen) atoms. The lowest BCUT2D eigenvalue weighted by Gasteiger charge is -2.11. The summed E-state index contributed by atoms with van der Waals surface area (Å²) in [6.07, 6.45) is 0.927. The van der Waals surface area contributed by atoms with Crippen molar-refractivity contribution in [3.05, 3.63) is 89.4 Å². The Labute approximate surface area is 164 Å². The molecule has 5 heteroatoms. The molecule has 0 aromatic heterocycles. The summed E-state index contributed by atoms with van der Waals surface area (Å²) in [7, 11) is 0. The fourth-order valence-electron chi connectivity index (χ4n) is 2.39. The number of nitrogens with one attached hydrogen (secondary N) is 2. The van der Waals surface area contributed by atoms with Gasteiger partial charge >= 0.3 is 0 Å². The smallest absolute Gasteiger partial charge is 0.170 e. The molecule has 0 fully saturated rings. The standard InChI is InChI=1S/C21H19ClN2OS/c22-17-6-10-19(11-7-17)25-20-12-8-18(9-13-20)24-21(26)23-15-14-16-4-2-1-3-5-16/h1-13H,14-15H2,(H2,23,24,26). The quantitative estimate of drug-likeness (QED) is 0.539. The molecule has 0 amide bonds. The lowest BCUT2D eigenvalue weighted by atomic mass is 10.1. The van der Waals surface area contributed by atoms with Crippen LogP contribution < -0.4 is 15.4 Å². The highest BCUT2D eigenvalue weighted by molar-refractivity contribution is 7.80. The maximum absolute atomic E-state index is 5.87. The lowest BCUT2D eigenvalue weighted by molar-refractivity contribution is 0.483. The third kappa shape index (κ3) is 5.76. The second-order valence-electron chi connectivity index (χ2n) is 5.70. The van der Waals surface area contributed by atoms with Crippen LogP contribution in [0.25, 0.3) is 0 Å². The molecule has 0 aliphatic rings. The van der Waals surface area contributed by atoms with Crippen LogP contribution in [0, 0.1) is 0 Å². The zero-order valence-corrected chi connectivity index (χ0v) is 15.7. The van der Waals surface area contributed by atoms with Gasteiger partial charge in [-0.2, -0.15) is 0 Å². The second-order valence-corrected chi connectivity index (χ2v) is 6.54. The van der Waals surface area contributed by atoms with Crippen molar-refractivity contribution in [3.63, 3.8) is 0 Å². The Morgan fingerprint density at radius 2 is 1.46 bits per heavy atom. The van der Waals surface area contributed by atoms with Crippen molar-refractivity contribution < 1.29 is 4.74 Å². The first kappa shape index (κ1) is 18.2. The Morgan fingerprint density at radius 1 is 0.846 bits per heavy atom. The Bertz CT molecular complexity index is 836. The molecule has 2 N–H and O–H groups in total. The maximum atomic E-state index is 5.87. The monoisotopic (exact) mass is 382 g/mol. The molecule has 3 aromatic rings. The van der Waals surface area contributed by atoms with E-state index in [0.717, 1.165) is 30.2 Å². The van der Waals surface area contributed by atoms with Crippen LogP contribution in [0.1, 0.15) is 5.56 Å². The number of halogens is 1. The first-order chi connectivity index (χ1) is 12.7. The molecule has 0 aliphatic carbocycles. The van der Waals surface area contributed by atoms with Crippen LogP contribution in [0.2, 0.25) is 5.02 Å². The number of benzene rings is 3. The highest BCUT2D eigenvalue weighted by atomic mass is 35.5. The highest BCUT2D eigenvalue weighted by Crippen LogP contribution is 2.24. The summed E-state index contributed by atoms with van der Waals surface area (Å²) in [5.41, 5.74) is 2.19. The molecule has 0 heterocycles. The van der Waals surface area contributed by atoms with Crippen molar-refractivity contribution in [3.8, 4) is 11.5 Å². The average molecular weight is 383 g/mol. The van der Waals surface area contributed by atoms with Gasteiger partial charge in [0.1, 0.15) is 11.5 Å². The largest absolute Gasteiger partial charge is 0.457 e. The summed E-state index contributed by atoms with van der Waals surface area (Å²) < 4.78 is 5.77. The van der Waals surface area contributed by atoms with Gasteiger partial charge in [0.2, 0.25) is 0 Å². The zero-order chi connectivity index (χ0) is 18.2. The van der Waals surface area contributed by atoms with E-state index in [1.54, 1.807) is 12.1 Å². The normalized spacial score (nSPS) is 10.2. The molecule has 132 valence electrons. The van der Waals surface area contributed by atoms with Gasteiger partial charge in [0.05, 0.1) is 0 Å². The van der Waals surface area contributed by atoms with E-state index >= 15 is 0 Å². The van der Waals surface area contributed by atoms with Crippen LogP contribution in [0.15, 0.2) is 78.9 Å². The van der Waals surface area contributed by atoms with E-state index in [1.807, 2.05) is 54.6 Å². The van der Waals surface area contributed by atoms with Gasteiger partial charge in [-0.25, -0.2) is 0 Å². The lowest BCUT2D eigenvalue weighted by Crippen LogP contribution is -2.30. The highest BCUT2D eigenvalue weighted by Gasteiger charge is 2.01. The van der Waals surface area contributed by atoms with Gasteiger partial charge < -0.3 is 15.4 Å². The molecule has 3 nitrogen and oxygen atoms in total. The van der Waals surface area contributed by atoms with Crippen LogP contribution in [-0.4, -0.2) is 11.7 Å². The van der Waals surface area contributed by atoms with E-state index < -0.39 is 0 Å². The Morgan fingerprint density at radius 3 is 2.12 bits per heavy atom. The maximum Gasteiger partial charge on any atom is 0.170 e. The van der Waals surface area contributed by atoms with E-state index in [2.05, 4.69) is 22.8 Å². The van der Waals surface area contributed by atoms with Gasteiger partial charge in [0.15, 0.2) is 5.11 Å². The third-order valence-electron chi connectivity index (χ3n) is 3.70. The van der Waals surface area contributed by atoms with E-state index in [9.17, 15) is 0 Å². The molecule has 0 spiro atoms. The fourth-order valence-corrected chi connectivity index (χ4v) is 2.73. The molecular weight excluding hydrogens is 364 g/mol. The second kappa shape index (κ2) is 9.22. The first-order valence-corrected chi connectivity index (χ1v) is 9.10. The van der Waals surface area contributed by atoms with E-state index in [4.69, 9.17) is 28.6 Å². The predicted octanol–water partition coefficient (Wildman–Crippen LogP) is 5.66. The fraction of sp³-hybridized carbons (Fsp3) is 0.0952. The van der Waals surface area contributed by atoms with E-state index in [0.29, 0.717) is 10.1 Å². The van der Waals surface area contributed by atoms with Gasteiger partial charge in [-0.05, 0) is 72.7 Å². The van der Waals surface area contributed by atoms with Gasteiger partial charge in [0, 0.05) is 17.3 Å². The molecule has 3 rings (SSSR count). The van der Waals surface area contributed by atoms with Gasteiger partial charge in [0.25, 0.3) is 0 Å². The molecule has 0 aliphatic heterocycles. The van der Waals surface area contributed by atoms with Crippen molar-refractivity contribution in [1.82, 2.24) is 5.32 Å². The van der Waals surface area contributed by atoms with E-state index in [1.165, 1.54) is 5.56 Å². The van der Waals surface area contributed by atoms with Crippen molar-refractivity contribution in [1.29, 1.82) is 0 Å². The molecule has 0 atom stereocenters. The summed E-state index contributed by atoms with van der Waals surface area (Å²) >= 11 is 11.2. The summed E-state index contributed by atoms with van der Waals surface area (Å²) in [5, 5.41) is 7.68. The average Bonchev–Trinajstić information content (AvgIpc) is 2.66. The Balaban J connectivity index is 1.46. The minimum Gasteiger partial charge on any atom is -0.457 e. The van der Waals surface area contributed by atoms with Crippen molar-refractivity contribution >= 4 is 34.6 Å². The summed E-state index contributed by atoms with van der Waals surface area (Å²) in [6, 6.07) is 25.2. The Kier molecular flexibility index (Phi) is 6.47. The van der Waals surface area contributed by atoms with E-state index in [-0.39, 0.29) is 0 Å². The van der Waals surface area contributed by atoms with Crippen molar-refractivity contribution in [2.24, 2.45) is 0 Å². The topological polar surface area (TPSA) is 33.3 Å². The minimum atomic E-state index is 0.604. The number of anilines is 1. The van der Waals surface area contributed by atoms with Crippen LogP contribution in [-0.2, 0) is 6.42 Å². The molecular formula is C21H19ClN2OS. The molecule has 3 aromatic carbocycles. The summed E-state index contributed by atoms with van der Waals surface area (Å²) in [4.78, 5) is 0. The van der Waals surface area contributed by atoms with Crippen LogP contribution in [0.5, 0.6) is 11.5 Å². The first-order valence-electron chi connectivity index (χ1n) is 8.31. The molecule has 0 bridgehead atoms.